The third-order valence-electron chi connectivity index (χ3n) is 7.82. The van der Waals surface area contributed by atoms with Crippen LogP contribution in [-0.4, -0.2) is 20.8 Å². The summed E-state index contributed by atoms with van der Waals surface area (Å²) in [4.78, 5) is 0. The van der Waals surface area contributed by atoms with Gasteiger partial charge in [0.1, 0.15) is 0 Å². The third kappa shape index (κ3) is 10.4. The molecule has 0 aliphatic rings. The molecule has 0 aliphatic carbocycles. The number of hydrogen-bond acceptors (Lipinski definition) is 1. The predicted molar refractivity (Wildman–Crippen MR) is 190 cm³/mol. The van der Waals surface area contributed by atoms with Gasteiger partial charge in [0.2, 0.25) is 0 Å². The Morgan fingerprint density at radius 3 is 1.23 bits per heavy atom. The molecule has 224 valence electrons. The molecule has 40 heavy (non-hydrogen) atoms. The fourth-order valence-corrected chi connectivity index (χ4v) is 9.67. The van der Waals surface area contributed by atoms with Gasteiger partial charge < -0.3 is 4.43 Å². The molecule has 2 unspecified atom stereocenters. The van der Waals surface area contributed by atoms with Crippen molar-refractivity contribution in [2.45, 2.75) is 79.4 Å². The molecule has 6 heteroatoms. The van der Waals surface area contributed by atoms with E-state index < -0.39 is 13.6 Å². The summed E-state index contributed by atoms with van der Waals surface area (Å²) < 4.78 is 6.09. The molecular formula is C34H52Cl3OPSi. The SMILES string of the molecule is CCC(C)CCl.CCC(C)CO[Si](C)(C)C(C)(C)C.ClP(Cl)(c1ccccc1)(c1ccccc1)c1ccccc1. The Morgan fingerprint density at radius 2 is 1.00 bits per heavy atom. The third-order valence-corrected chi connectivity index (χ3v) is 20.0. The van der Waals surface area contributed by atoms with Gasteiger partial charge in [-0.05, 0) is 30.0 Å². The van der Waals surface area contributed by atoms with Crippen molar-refractivity contribution in [3.8, 4) is 0 Å². The minimum atomic E-state index is -3.43. The number of halogens is 3. The second kappa shape index (κ2) is 16.7. The van der Waals surface area contributed by atoms with E-state index in [0.29, 0.717) is 16.9 Å². The van der Waals surface area contributed by atoms with Gasteiger partial charge >= 0.3 is 135 Å². The van der Waals surface area contributed by atoms with Crippen LogP contribution in [0.5, 0.6) is 0 Å². The fraction of sp³-hybridized carbons (Fsp3) is 0.471. The van der Waals surface area contributed by atoms with E-state index in [1.807, 2.05) is 91.0 Å². The van der Waals surface area contributed by atoms with Gasteiger partial charge in [-0.3, -0.25) is 0 Å². The van der Waals surface area contributed by atoms with Crippen LogP contribution in [0.3, 0.4) is 0 Å². The number of rotatable bonds is 9. The molecule has 3 aromatic carbocycles. The fourth-order valence-electron chi connectivity index (χ4n) is 3.31. The molecule has 2 atom stereocenters. The predicted octanol–water partition coefficient (Wildman–Crippen LogP) is 11.1. The van der Waals surface area contributed by atoms with Gasteiger partial charge in [-0.15, -0.1) is 11.6 Å². The van der Waals surface area contributed by atoms with E-state index in [-0.39, 0.29) is 0 Å². The molecule has 3 aromatic rings. The first-order chi connectivity index (χ1) is 18.6. The first-order valence-electron chi connectivity index (χ1n) is 14.5. The van der Waals surface area contributed by atoms with E-state index in [4.69, 9.17) is 38.5 Å². The van der Waals surface area contributed by atoms with Crippen molar-refractivity contribution in [3.63, 3.8) is 0 Å². The summed E-state index contributed by atoms with van der Waals surface area (Å²) in [7, 11) is -1.48. The van der Waals surface area contributed by atoms with Gasteiger partial charge in [-0.25, -0.2) is 0 Å². The maximum absolute atomic E-state index is 7.27. The summed E-state index contributed by atoms with van der Waals surface area (Å²) in [5.74, 6) is 2.21. The van der Waals surface area contributed by atoms with Gasteiger partial charge in [0.25, 0.3) is 0 Å². The monoisotopic (exact) mass is 640 g/mol. The Bertz CT molecular complexity index is 979. The molecule has 1 nitrogen and oxygen atoms in total. The van der Waals surface area contributed by atoms with Crippen LogP contribution < -0.4 is 15.9 Å². The van der Waals surface area contributed by atoms with Crippen LogP contribution in [0, 0.1) is 11.8 Å². The standard InChI is InChI=1S/C18H15Cl2P.C11H26OSi.C5H11Cl/c19-21(20,16-10-4-1-5-11-16,17-12-6-2-7-13-17)18-14-8-3-9-15-18;1-8-10(2)9-12-13(6,7)11(3,4)5;1-3-5(2)4-6/h1-15H;10H,8-9H2,1-7H3;5H,3-4H2,1-2H3. The van der Waals surface area contributed by atoms with Crippen molar-refractivity contribution in [2.24, 2.45) is 11.8 Å². The van der Waals surface area contributed by atoms with Crippen molar-refractivity contribution >= 4 is 63.6 Å². The zero-order valence-corrected chi connectivity index (χ0v) is 30.3. The first-order valence-corrected chi connectivity index (χ1v) is 21.9. The van der Waals surface area contributed by atoms with Crippen LogP contribution in [0.4, 0.5) is 0 Å². The van der Waals surface area contributed by atoms with Crippen molar-refractivity contribution < 1.29 is 4.43 Å². The van der Waals surface area contributed by atoms with Crippen LogP contribution >= 0.6 is 39.4 Å². The topological polar surface area (TPSA) is 9.23 Å². The molecule has 0 fully saturated rings. The normalized spacial score (nSPS) is 14.3. The molecule has 0 aromatic heterocycles. The van der Waals surface area contributed by atoms with Crippen molar-refractivity contribution in [3.05, 3.63) is 91.0 Å². The van der Waals surface area contributed by atoms with Crippen molar-refractivity contribution in [1.29, 1.82) is 0 Å². The van der Waals surface area contributed by atoms with E-state index in [0.717, 1.165) is 28.4 Å². The summed E-state index contributed by atoms with van der Waals surface area (Å²) in [5, 5.41) is -0.196. The van der Waals surface area contributed by atoms with Gasteiger partial charge in [-0.1, -0.05) is 61.3 Å². The number of benzene rings is 3. The van der Waals surface area contributed by atoms with Crippen LogP contribution in [0.1, 0.15) is 61.3 Å². The van der Waals surface area contributed by atoms with Crippen LogP contribution in [-0.2, 0) is 4.43 Å². The molecule has 0 N–H and O–H groups in total. The quantitative estimate of drug-likeness (QED) is 0.128. The van der Waals surface area contributed by atoms with E-state index in [1.54, 1.807) is 0 Å². The molecule has 0 amide bonds. The molecule has 0 spiro atoms. The molecule has 0 saturated heterocycles. The van der Waals surface area contributed by atoms with E-state index in [1.165, 1.54) is 12.8 Å². The zero-order chi connectivity index (χ0) is 30.5. The van der Waals surface area contributed by atoms with Crippen LogP contribution in [0.15, 0.2) is 91.0 Å². The van der Waals surface area contributed by atoms with Crippen molar-refractivity contribution in [1.82, 2.24) is 0 Å². The van der Waals surface area contributed by atoms with Crippen LogP contribution in [0.2, 0.25) is 18.1 Å². The van der Waals surface area contributed by atoms with Gasteiger partial charge in [0.15, 0.2) is 8.32 Å². The minimum absolute atomic E-state index is 0.348. The summed E-state index contributed by atoms with van der Waals surface area (Å²) in [6, 6.07) is 29.9. The average molecular weight is 642 g/mol. The zero-order valence-electron chi connectivity index (χ0n) is 26.1. The molecule has 3 rings (SSSR count). The average Bonchev–Trinajstić information content (AvgIpc) is 2.97. The van der Waals surface area contributed by atoms with Crippen molar-refractivity contribution in [2.75, 3.05) is 12.5 Å². The molecule has 0 heterocycles. The van der Waals surface area contributed by atoms with E-state index >= 15 is 0 Å². The Labute approximate surface area is 261 Å². The summed E-state index contributed by atoms with van der Waals surface area (Å²) in [6.07, 6.45) is 2.41. The first kappa shape index (κ1) is 37.2. The number of hydrogen-bond donors (Lipinski definition) is 0. The molecular weight excluding hydrogens is 590 g/mol. The summed E-state index contributed by atoms with van der Waals surface area (Å²) >= 11 is 20.0. The van der Waals surface area contributed by atoms with Gasteiger partial charge in [0, 0.05) is 12.5 Å². The Morgan fingerprint density at radius 1 is 0.675 bits per heavy atom. The molecule has 0 aliphatic heterocycles. The second-order valence-electron chi connectivity index (χ2n) is 12.2. The van der Waals surface area contributed by atoms with E-state index in [9.17, 15) is 0 Å². The second-order valence-corrected chi connectivity index (χ2v) is 25.2. The molecule has 0 saturated carbocycles. The Kier molecular flexibility index (Phi) is 15.5. The maximum atomic E-state index is 7.27. The summed E-state index contributed by atoms with van der Waals surface area (Å²) in [5.41, 5.74) is 0. The Balaban J connectivity index is 0.000000360. The molecule has 0 radical (unpaired) electrons. The number of alkyl halides is 1. The summed E-state index contributed by atoms with van der Waals surface area (Å²) in [6.45, 7) is 21.2. The van der Waals surface area contributed by atoms with Crippen LogP contribution in [0.25, 0.3) is 0 Å². The van der Waals surface area contributed by atoms with E-state index in [2.05, 4.69) is 61.6 Å². The van der Waals surface area contributed by atoms with Gasteiger partial charge in [0.05, 0.1) is 0 Å². The van der Waals surface area contributed by atoms with Gasteiger partial charge in [-0.2, -0.15) is 0 Å². The Hall–Kier alpha value is -0.863. The molecule has 0 bridgehead atoms.